The van der Waals surface area contributed by atoms with E-state index in [0.717, 1.165) is 0 Å². The number of hydrogen-bond donors (Lipinski definition) is 0. The molecule has 2 heterocycles. The Kier molecular flexibility index (Phi) is 5.79. The maximum absolute atomic E-state index is 11.7. The molecule has 0 N–H and O–H groups in total. The fourth-order valence-electron chi connectivity index (χ4n) is 2.21. The zero-order valence-corrected chi connectivity index (χ0v) is 13.8. The van der Waals surface area contributed by atoms with Gasteiger partial charge >= 0.3 is 5.97 Å². The van der Waals surface area contributed by atoms with Crippen molar-refractivity contribution in [3.8, 4) is 0 Å². The molecule has 7 nitrogen and oxygen atoms in total. The molecule has 1 atom stereocenters. The van der Waals surface area contributed by atoms with Gasteiger partial charge in [-0.1, -0.05) is 0 Å². The summed E-state index contributed by atoms with van der Waals surface area (Å²) in [6.07, 6.45) is -0.252. The van der Waals surface area contributed by atoms with Crippen LogP contribution in [0.5, 0.6) is 0 Å². The molecule has 0 saturated carbocycles. The number of rotatable bonds is 6. The third-order valence-corrected chi connectivity index (χ3v) is 3.35. The highest BCUT2D eigenvalue weighted by Gasteiger charge is 2.33. The lowest BCUT2D eigenvalue weighted by atomic mass is 10.3. The Morgan fingerprint density at radius 2 is 1.68 bits per heavy atom. The van der Waals surface area contributed by atoms with E-state index in [1.165, 1.54) is 0 Å². The van der Waals surface area contributed by atoms with Crippen molar-refractivity contribution in [2.45, 2.75) is 57.9 Å². The first-order valence-corrected chi connectivity index (χ1v) is 7.63. The van der Waals surface area contributed by atoms with E-state index in [0.29, 0.717) is 33.0 Å². The van der Waals surface area contributed by atoms with Gasteiger partial charge in [0.1, 0.15) is 12.2 Å². The molecule has 0 aromatic rings. The van der Waals surface area contributed by atoms with Crippen LogP contribution in [0.25, 0.3) is 0 Å². The molecule has 2 aliphatic rings. The molecule has 0 aromatic carbocycles. The summed E-state index contributed by atoms with van der Waals surface area (Å²) in [5.41, 5.74) is 0. The van der Waals surface area contributed by atoms with E-state index in [4.69, 9.17) is 28.4 Å². The van der Waals surface area contributed by atoms with Gasteiger partial charge in [0.05, 0.1) is 39.5 Å². The van der Waals surface area contributed by atoms with Gasteiger partial charge in [0.25, 0.3) is 0 Å². The van der Waals surface area contributed by atoms with Crippen LogP contribution in [0.3, 0.4) is 0 Å². The number of ether oxygens (including phenoxy) is 6. The Bertz CT molecular complexity index is 370. The van der Waals surface area contributed by atoms with Crippen LogP contribution in [0.1, 0.15) is 34.1 Å². The molecule has 0 aliphatic carbocycles. The van der Waals surface area contributed by atoms with E-state index in [1.807, 2.05) is 27.7 Å². The molecule has 2 saturated heterocycles. The quantitative estimate of drug-likeness (QED) is 0.539. The zero-order valence-electron chi connectivity index (χ0n) is 13.8. The molecule has 1 unspecified atom stereocenters. The highest BCUT2D eigenvalue weighted by Crippen LogP contribution is 2.22. The maximum Gasteiger partial charge on any atom is 0.308 e. The molecule has 0 bridgehead atoms. The lowest BCUT2D eigenvalue weighted by Gasteiger charge is -2.34. The van der Waals surface area contributed by atoms with Crippen LogP contribution < -0.4 is 0 Å². The first-order valence-electron chi connectivity index (χ1n) is 7.63. The molecule has 0 spiro atoms. The molecule has 0 amide bonds. The predicted molar refractivity (Wildman–Crippen MR) is 76.2 cm³/mol. The molecular formula is C15H26O7. The van der Waals surface area contributed by atoms with Gasteiger partial charge in [-0.3, -0.25) is 4.79 Å². The fourth-order valence-corrected chi connectivity index (χ4v) is 2.21. The minimum atomic E-state index is -0.608. The minimum absolute atomic E-state index is 0.0894. The second kappa shape index (κ2) is 7.23. The van der Waals surface area contributed by atoms with Crippen molar-refractivity contribution in [1.82, 2.24) is 0 Å². The van der Waals surface area contributed by atoms with Gasteiger partial charge in [0, 0.05) is 0 Å². The molecule has 2 fully saturated rings. The molecule has 128 valence electrons. The van der Waals surface area contributed by atoms with Crippen LogP contribution in [0.15, 0.2) is 0 Å². The van der Waals surface area contributed by atoms with Crippen LogP contribution in [-0.4, -0.2) is 62.8 Å². The summed E-state index contributed by atoms with van der Waals surface area (Å²) >= 11 is 0. The van der Waals surface area contributed by atoms with Gasteiger partial charge in [0.2, 0.25) is 0 Å². The fraction of sp³-hybridized carbons (Fsp3) is 0.933. The normalized spacial score (nSPS) is 27.7. The molecule has 7 heteroatoms. The van der Waals surface area contributed by atoms with E-state index in [-0.39, 0.29) is 24.6 Å². The monoisotopic (exact) mass is 318 g/mol. The van der Waals surface area contributed by atoms with E-state index in [1.54, 1.807) is 0 Å². The van der Waals surface area contributed by atoms with Crippen LogP contribution in [0.2, 0.25) is 0 Å². The van der Waals surface area contributed by atoms with Gasteiger partial charge in [0.15, 0.2) is 11.6 Å². The highest BCUT2D eigenvalue weighted by atomic mass is 16.7. The van der Waals surface area contributed by atoms with Gasteiger partial charge in [-0.05, 0) is 27.7 Å². The predicted octanol–water partition coefficient (Wildman–Crippen LogP) is 1.24. The Balaban J connectivity index is 1.53. The summed E-state index contributed by atoms with van der Waals surface area (Å²) in [6.45, 7) is 9.28. The smallest absolute Gasteiger partial charge is 0.308 e. The summed E-state index contributed by atoms with van der Waals surface area (Å²) in [7, 11) is 0. The van der Waals surface area contributed by atoms with Crippen molar-refractivity contribution in [2.24, 2.45) is 0 Å². The number of carbonyl (C=O) groups is 1. The van der Waals surface area contributed by atoms with Crippen molar-refractivity contribution < 1.29 is 33.2 Å². The first kappa shape index (κ1) is 17.6. The summed E-state index contributed by atoms with van der Waals surface area (Å²) in [5.74, 6) is -1.48. The summed E-state index contributed by atoms with van der Waals surface area (Å²) in [4.78, 5) is 11.7. The standard InChI is InChI=1S/C15H26O7/c1-14(2)18-8-11(9-19-14)21-13(16)5-6-17-7-12-10-20-15(3,4)22-12/h11-12H,5-10H2,1-4H3. The van der Waals surface area contributed by atoms with Crippen molar-refractivity contribution in [1.29, 1.82) is 0 Å². The van der Waals surface area contributed by atoms with Crippen molar-refractivity contribution in [3.05, 3.63) is 0 Å². The van der Waals surface area contributed by atoms with Crippen LogP contribution >= 0.6 is 0 Å². The van der Waals surface area contributed by atoms with Gasteiger partial charge in [-0.25, -0.2) is 0 Å². The van der Waals surface area contributed by atoms with Crippen molar-refractivity contribution >= 4 is 5.97 Å². The first-order chi connectivity index (χ1) is 10.3. The van der Waals surface area contributed by atoms with Crippen molar-refractivity contribution in [3.63, 3.8) is 0 Å². The Morgan fingerprint density at radius 3 is 2.27 bits per heavy atom. The Hall–Kier alpha value is -0.730. The van der Waals surface area contributed by atoms with E-state index in [2.05, 4.69) is 0 Å². The summed E-state index contributed by atoms with van der Waals surface area (Å²) in [5, 5.41) is 0. The number of carbonyl (C=O) groups excluding carboxylic acids is 1. The average Bonchev–Trinajstić information content (AvgIpc) is 2.77. The third-order valence-electron chi connectivity index (χ3n) is 3.35. The average molecular weight is 318 g/mol. The summed E-state index contributed by atoms with van der Waals surface area (Å²) in [6, 6.07) is 0. The van der Waals surface area contributed by atoms with E-state index < -0.39 is 11.6 Å². The topological polar surface area (TPSA) is 72.5 Å². The minimum Gasteiger partial charge on any atom is -0.457 e. The third kappa shape index (κ3) is 5.81. The van der Waals surface area contributed by atoms with Crippen LogP contribution in [-0.2, 0) is 33.2 Å². The van der Waals surface area contributed by atoms with E-state index in [9.17, 15) is 4.79 Å². The van der Waals surface area contributed by atoms with E-state index >= 15 is 0 Å². The van der Waals surface area contributed by atoms with Crippen LogP contribution in [0, 0.1) is 0 Å². The maximum atomic E-state index is 11.7. The second-order valence-electron chi connectivity index (χ2n) is 6.41. The number of esters is 1. The van der Waals surface area contributed by atoms with Gasteiger partial charge in [-0.15, -0.1) is 0 Å². The van der Waals surface area contributed by atoms with Crippen LogP contribution in [0.4, 0.5) is 0 Å². The molecule has 22 heavy (non-hydrogen) atoms. The lowest BCUT2D eigenvalue weighted by molar-refractivity contribution is -0.276. The molecule has 0 radical (unpaired) electrons. The molecule has 2 aliphatic heterocycles. The van der Waals surface area contributed by atoms with Gasteiger partial charge < -0.3 is 28.4 Å². The number of hydrogen-bond acceptors (Lipinski definition) is 7. The Labute approximate surface area is 131 Å². The largest absolute Gasteiger partial charge is 0.457 e. The SMILES string of the molecule is CC1(C)OCC(OC(=O)CCOCC2COC(C)(C)O2)CO1. The lowest BCUT2D eigenvalue weighted by Crippen LogP contribution is -2.43. The Morgan fingerprint density at radius 1 is 1.05 bits per heavy atom. The summed E-state index contributed by atoms with van der Waals surface area (Å²) < 4.78 is 32.6. The van der Waals surface area contributed by atoms with Gasteiger partial charge in [-0.2, -0.15) is 0 Å². The molecule has 2 rings (SSSR count). The second-order valence-corrected chi connectivity index (χ2v) is 6.41. The molecule has 0 aromatic heterocycles. The highest BCUT2D eigenvalue weighted by molar-refractivity contribution is 5.69. The van der Waals surface area contributed by atoms with Crippen molar-refractivity contribution in [2.75, 3.05) is 33.0 Å². The zero-order chi connectivity index (χ0) is 16.2. The molecular weight excluding hydrogens is 292 g/mol.